The van der Waals surface area contributed by atoms with Gasteiger partial charge in [0.2, 0.25) is 10.0 Å². The van der Waals surface area contributed by atoms with E-state index in [1.807, 2.05) is 0 Å². The molecule has 1 atom stereocenters. The minimum Gasteiger partial charge on any atom is -0.377 e. The molecular weight excluding hydrogens is 380 g/mol. The molecule has 0 spiro atoms. The van der Waals surface area contributed by atoms with Crippen LogP contribution in [-0.4, -0.2) is 55.2 Å². The van der Waals surface area contributed by atoms with Crippen LogP contribution < -0.4 is 4.72 Å². The standard InChI is InChI=1S/C19H22N4O4S/c24-19(18-4-1-8-20-22-18)23-9-7-14-11-17(6-5-15(14)13-23)28(25,26)21-12-16-3-2-10-27-16/h1,4-6,8,11,16,21H,2-3,7,9-10,12-13H2/t16-/m0/s1. The average molecular weight is 402 g/mol. The van der Waals surface area contributed by atoms with Gasteiger partial charge in [-0.15, -0.1) is 5.10 Å². The number of ether oxygens (including phenoxy) is 1. The molecule has 1 N–H and O–H groups in total. The van der Waals surface area contributed by atoms with Crippen molar-refractivity contribution < 1.29 is 17.9 Å². The minimum atomic E-state index is -3.58. The third kappa shape index (κ3) is 4.06. The Hall–Kier alpha value is -2.36. The third-order valence-electron chi connectivity index (χ3n) is 5.10. The summed E-state index contributed by atoms with van der Waals surface area (Å²) in [5.74, 6) is -0.173. The van der Waals surface area contributed by atoms with Gasteiger partial charge in [0.1, 0.15) is 0 Å². The molecule has 9 heteroatoms. The van der Waals surface area contributed by atoms with Gasteiger partial charge in [-0.25, -0.2) is 13.1 Å². The molecule has 0 saturated carbocycles. The number of amides is 1. The Morgan fingerprint density at radius 1 is 1.29 bits per heavy atom. The Bertz CT molecular complexity index is 959. The van der Waals surface area contributed by atoms with Crippen LogP contribution in [0.25, 0.3) is 0 Å². The van der Waals surface area contributed by atoms with E-state index >= 15 is 0 Å². The van der Waals surface area contributed by atoms with Crippen LogP contribution in [0, 0.1) is 0 Å². The summed E-state index contributed by atoms with van der Waals surface area (Å²) in [5, 5.41) is 7.62. The molecule has 1 aromatic carbocycles. The SMILES string of the molecule is O=C(c1cccnn1)N1CCc2cc(S(=O)(=O)NC[C@@H]3CCCO3)ccc2C1. The lowest BCUT2D eigenvalue weighted by molar-refractivity contribution is 0.0727. The molecule has 0 aliphatic carbocycles. The maximum absolute atomic E-state index is 12.6. The first-order valence-corrected chi connectivity index (χ1v) is 10.8. The summed E-state index contributed by atoms with van der Waals surface area (Å²) >= 11 is 0. The van der Waals surface area contributed by atoms with Crippen molar-refractivity contribution >= 4 is 15.9 Å². The molecule has 3 heterocycles. The second-order valence-electron chi connectivity index (χ2n) is 7.00. The Labute approximate surface area is 164 Å². The number of carbonyl (C=O) groups excluding carboxylic acids is 1. The minimum absolute atomic E-state index is 0.0481. The highest BCUT2D eigenvalue weighted by Crippen LogP contribution is 2.23. The summed E-state index contributed by atoms with van der Waals surface area (Å²) in [5.41, 5.74) is 2.20. The van der Waals surface area contributed by atoms with Crippen molar-refractivity contribution in [3.8, 4) is 0 Å². The highest BCUT2D eigenvalue weighted by Gasteiger charge is 2.25. The number of benzene rings is 1. The molecule has 1 fully saturated rings. The largest absolute Gasteiger partial charge is 0.377 e. The van der Waals surface area contributed by atoms with E-state index in [4.69, 9.17) is 4.74 Å². The topological polar surface area (TPSA) is 101 Å². The number of hydrogen-bond acceptors (Lipinski definition) is 6. The van der Waals surface area contributed by atoms with Crippen molar-refractivity contribution in [3.63, 3.8) is 0 Å². The molecular formula is C19H22N4O4S. The fourth-order valence-electron chi connectivity index (χ4n) is 3.54. The lowest BCUT2D eigenvalue weighted by atomic mass is 9.99. The van der Waals surface area contributed by atoms with Gasteiger partial charge in [0, 0.05) is 32.4 Å². The number of sulfonamides is 1. The van der Waals surface area contributed by atoms with Gasteiger partial charge in [-0.05, 0) is 54.7 Å². The van der Waals surface area contributed by atoms with E-state index in [9.17, 15) is 13.2 Å². The van der Waals surface area contributed by atoms with Crippen LogP contribution in [0.15, 0.2) is 41.4 Å². The number of fused-ring (bicyclic) bond motifs is 1. The maximum atomic E-state index is 12.6. The van der Waals surface area contributed by atoms with Crippen LogP contribution in [0.3, 0.4) is 0 Å². The molecule has 4 rings (SSSR count). The Morgan fingerprint density at radius 2 is 2.18 bits per heavy atom. The molecule has 2 aromatic rings. The van der Waals surface area contributed by atoms with E-state index in [0.29, 0.717) is 38.4 Å². The molecule has 1 amide bonds. The predicted octanol–water partition coefficient (Wildman–Crippen LogP) is 1.13. The van der Waals surface area contributed by atoms with Gasteiger partial charge in [0.05, 0.1) is 11.0 Å². The van der Waals surface area contributed by atoms with Crippen LogP contribution in [0.4, 0.5) is 0 Å². The van der Waals surface area contributed by atoms with Gasteiger partial charge in [-0.2, -0.15) is 5.10 Å². The van der Waals surface area contributed by atoms with Crippen LogP contribution in [0.1, 0.15) is 34.5 Å². The van der Waals surface area contributed by atoms with Gasteiger partial charge in [-0.3, -0.25) is 4.79 Å². The van der Waals surface area contributed by atoms with Crippen molar-refractivity contribution in [1.29, 1.82) is 0 Å². The number of nitrogens with one attached hydrogen (secondary N) is 1. The quantitative estimate of drug-likeness (QED) is 0.805. The van der Waals surface area contributed by atoms with Gasteiger partial charge in [-0.1, -0.05) is 6.07 Å². The highest BCUT2D eigenvalue weighted by atomic mass is 32.2. The Balaban J connectivity index is 1.45. The number of carbonyl (C=O) groups is 1. The number of rotatable bonds is 5. The van der Waals surface area contributed by atoms with Crippen molar-refractivity contribution in [1.82, 2.24) is 19.8 Å². The van der Waals surface area contributed by atoms with Crippen molar-refractivity contribution in [2.24, 2.45) is 0 Å². The molecule has 0 radical (unpaired) electrons. The lowest BCUT2D eigenvalue weighted by Gasteiger charge is -2.28. The molecule has 0 unspecified atom stereocenters. The van der Waals surface area contributed by atoms with E-state index in [0.717, 1.165) is 24.0 Å². The summed E-state index contributed by atoms with van der Waals surface area (Å²) in [6, 6.07) is 8.40. The molecule has 1 saturated heterocycles. The van der Waals surface area contributed by atoms with Gasteiger partial charge in [0.15, 0.2) is 5.69 Å². The second-order valence-corrected chi connectivity index (χ2v) is 8.77. The molecule has 8 nitrogen and oxygen atoms in total. The van der Waals surface area contributed by atoms with Crippen LogP contribution in [0.5, 0.6) is 0 Å². The van der Waals surface area contributed by atoms with Gasteiger partial charge >= 0.3 is 0 Å². The zero-order chi connectivity index (χ0) is 19.6. The first-order chi connectivity index (χ1) is 13.5. The summed E-state index contributed by atoms with van der Waals surface area (Å²) in [6.45, 7) is 1.92. The van der Waals surface area contributed by atoms with Crippen molar-refractivity contribution in [3.05, 3.63) is 53.3 Å². The molecule has 28 heavy (non-hydrogen) atoms. The fourth-order valence-corrected chi connectivity index (χ4v) is 4.66. The summed E-state index contributed by atoms with van der Waals surface area (Å²) in [6.07, 6.45) is 3.92. The van der Waals surface area contributed by atoms with E-state index in [1.54, 1.807) is 35.2 Å². The van der Waals surface area contributed by atoms with E-state index in [-0.39, 0.29) is 16.9 Å². The number of hydrogen-bond donors (Lipinski definition) is 1. The summed E-state index contributed by atoms with van der Waals surface area (Å²) < 4.78 is 33.3. The highest BCUT2D eigenvalue weighted by molar-refractivity contribution is 7.89. The normalized spacial score (nSPS) is 19.4. The van der Waals surface area contributed by atoms with Crippen molar-refractivity contribution in [2.75, 3.05) is 19.7 Å². The zero-order valence-corrected chi connectivity index (χ0v) is 16.2. The predicted molar refractivity (Wildman–Crippen MR) is 101 cm³/mol. The van der Waals surface area contributed by atoms with Crippen molar-refractivity contribution in [2.45, 2.75) is 36.8 Å². The zero-order valence-electron chi connectivity index (χ0n) is 15.4. The van der Waals surface area contributed by atoms with Crippen LogP contribution in [0.2, 0.25) is 0 Å². The first kappa shape index (κ1) is 19.0. The number of nitrogens with zero attached hydrogens (tertiary/aromatic N) is 3. The molecule has 1 aromatic heterocycles. The van der Waals surface area contributed by atoms with Gasteiger partial charge < -0.3 is 9.64 Å². The second kappa shape index (κ2) is 7.94. The summed E-state index contributed by atoms with van der Waals surface area (Å²) in [7, 11) is -3.58. The molecule has 2 aliphatic heterocycles. The molecule has 148 valence electrons. The van der Waals surface area contributed by atoms with Crippen LogP contribution in [-0.2, 0) is 27.7 Å². The molecule has 2 aliphatic rings. The smallest absolute Gasteiger partial charge is 0.274 e. The lowest BCUT2D eigenvalue weighted by Crippen LogP contribution is -2.36. The third-order valence-corrected chi connectivity index (χ3v) is 6.53. The number of aromatic nitrogens is 2. The monoisotopic (exact) mass is 402 g/mol. The van der Waals surface area contributed by atoms with E-state index in [1.165, 1.54) is 6.20 Å². The van der Waals surface area contributed by atoms with Crippen LogP contribution >= 0.6 is 0 Å². The maximum Gasteiger partial charge on any atom is 0.274 e. The Kier molecular flexibility index (Phi) is 5.38. The first-order valence-electron chi connectivity index (χ1n) is 9.33. The molecule has 0 bridgehead atoms. The van der Waals surface area contributed by atoms with E-state index in [2.05, 4.69) is 14.9 Å². The summed E-state index contributed by atoms with van der Waals surface area (Å²) in [4.78, 5) is 14.5. The van der Waals surface area contributed by atoms with Gasteiger partial charge in [0.25, 0.3) is 5.91 Å². The average Bonchev–Trinajstić information content (AvgIpc) is 3.25. The van der Waals surface area contributed by atoms with E-state index < -0.39 is 10.0 Å². The Morgan fingerprint density at radius 3 is 2.93 bits per heavy atom. The fraction of sp³-hybridized carbons (Fsp3) is 0.421.